The van der Waals surface area contributed by atoms with E-state index in [0.29, 0.717) is 64.5 Å². The van der Waals surface area contributed by atoms with Crippen molar-refractivity contribution in [2.45, 2.75) is 87.0 Å². The van der Waals surface area contributed by atoms with E-state index >= 15 is 0 Å². The zero-order valence-electron chi connectivity index (χ0n) is 40.1. The van der Waals surface area contributed by atoms with E-state index in [2.05, 4.69) is 20.0 Å². The summed E-state index contributed by atoms with van der Waals surface area (Å²) in [5, 5.41) is 46.3. The summed E-state index contributed by atoms with van der Waals surface area (Å²) in [4.78, 5) is 77.5. The molecule has 0 unspecified atom stereocenters. The normalized spacial score (nSPS) is 15.8. The first-order chi connectivity index (χ1) is 30.9. The number of aryl methyl sites for hydroxylation is 1. The Morgan fingerprint density at radius 3 is 1.13 bits per heavy atom. The highest BCUT2D eigenvalue weighted by atomic mass is 16.6. The molecule has 19 heteroatoms. The lowest BCUT2D eigenvalue weighted by molar-refractivity contribution is -0.158. The molecule has 67 heavy (non-hydrogen) atoms. The number of rotatable bonds is 13. The lowest BCUT2D eigenvalue weighted by atomic mass is 10.1. The van der Waals surface area contributed by atoms with Crippen LogP contribution in [-0.2, 0) is 41.6 Å². The highest BCUT2D eigenvalue weighted by molar-refractivity contribution is 5.88. The van der Waals surface area contributed by atoms with E-state index < -0.39 is 35.1 Å². The van der Waals surface area contributed by atoms with Crippen molar-refractivity contribution >= 4 is 35.8 Å². The van der Waals surface area contributed by atoms with Crippen LogP contribution in [0.5, 0.6) is 0 Å². The number of carboxylic acid groups (broad SMARTS) is 4. The van der Waals surface area contributed by atoms with Gasteiger partial charge in [-0.2, -0.15) is 5.26 Å². The molecule has 0 aromatic heterocycles. The summed E-state index contributed by atoms with van der Waals surface area (Å²) in [6.07, 6.45) is 0.944. The van der Waals surface area contributed by atoms with E-state index in [1.54, 1.807) is 42.5 Å². The van der Waals surface area contributed by atoms with Gasteiger partial charge in [0.1, 0.15) is 11.2 Å². The number of nitrogens with one attached hydrogen (secondary N) is 1. The predicted octanol–water partition coefficient (Wildman–Crippen LogP) is 3.96. The molecule has 2 saturated heterocycles. The summed E-state index contributed by atoms with van der Waals surface area (Å²) in [6, 6.07) is 15.3. The number of carbonyl (C=O) groups excluding carboxylic acids is 2. The Hall–Kier alpha value is -5.49. The molecule has 0 atom stereocenters. The molecule has 19 nitrogen and oxygen atoms in total. The first-order valence-corrected chi connectivity index (χ1v) is 22.1. The molecular weight excluding hydrogens is 867 g/mol. The number of hydrogen-bond acceptors (Lipinski definition) is 15. The maximum atomic E-state index is 12.1. The molecule has 0 radical (unpaired) electrons. The largest absolute Gasteiger partial charge is 0.480 e. The Balaban J connectivity index is 0.00000101. The topological polar surface area (TPSA) is 254 Å². The summed E-state index contributed by atoms with van der Waals surface area (Å²) in [6.45, 7) is 23.7. The standard InChI is InChI=1S/C18H25N3O6.C18H35N3O4.C9H10O2.C2H3N.CH4/c22-16(23)12-20-7-5-19(6-8-21(10-9-20)13-17(24)25)11-14-1-3-15(4-2-14)18(26)27;1-17(2,3)24-15(22)13-20-9-7-19-8-10-21(12-11-20)14-16(23)25-18(4,5)6;1-2-7-3-5-8(6-4-7)9(10)11;1-2-3;/h1-4H,5-13H2,(H,22,23)(H,24,25)(H,26,27);19H,7-14H2,1-6H3;3-6H,2H2,1H3,(H,10,11);1H3;1H4. The first kappa shape index (κ1) is 61.5. The van der Waals surface area contributed by atoms with Crippen LogP contribution in [0.15, 0.2) is 48.5 Å². The van der Waals surface area contributed by atoms with Crippen molar-refractivity contribution < 1.29 is 58.7 Å². The summed E-state index contributed by atoms with van der Waals surface area (Å²) in [7, 11) is 0. The van der Waals surface area contributed by atoms with Crippen molar-refractivity contribution in [3.63, 3.8) is 0 Å². The monoisotopic (exact) mass is 944 g/mol. The number of hydrogen-bond donors (Lipinski definition) is 5. The average Bonchev–Trinajstić information content (AvgIpc) is 3.37. The fraction of sp³-hybridized carbons (Fsp3) is 0.604. The van der Waals surface area contributed by atoms with Crippen LogP contribution in [0, 0.1) is 11.3 Å². The Bertz CT molecular complexity index is 1770. The van der Waals surface area contributed by atoms with Crippen molar-refractivity contribution in [1.29, 1.82) is 5.26 Å². The van der Waals surface area contributed by atoms with Crippen molar-refractivity contribution in [1.82, 2.24) is 29.8 Å². The van der Waals surface area contributed by atoms with Gasteiger partial charge in [-0.1, -0.05) is 38.6 Å². The van der Waals surface area contributed by atoms with E-state index in [9.17, 15) is 28.8 Å². The maximum absolute atomic E-state index is 12.1. The lowest BCUT2D eigenvalue weighted by Gasteiger charge is -2.27. The average molecular weight is 944 g/mol. The number of aromatic carboxylic acids is 2. The van der Waals surface area contributed by atoms with Gasteiger partial charge in [0.05, 0.1) is 43.4 Å². The minimum absolute atomic E-state index is 0. The van der Waals surface area contributed by atoms with Gasteiger partial charge in [-0.25, -0.2) is 9.59 Å². The molecule has 2 aromatic rings. The van der Waals surface area contributed by atoms with Crippen LogP contribution in [0.1, 0.15) is 94.7 Å². The van der Waals surface area contributed by atoms with Gasteiger partial charge < -0.3 is 35.2 Å². The van der Waals surface area contributed by atoms with Crippen molar-refractivity contribution in [2.24, 2.45) is 0 Å². The smallest absolute Gasteiger partial charge is 0.335 e. The number of carbonyl (C=O) groups is 6. The highest BCUT2D eigenvalue weighted by Crippen LogP contribution is 2.12. The summed E-state index contributed by atoms with van der Waals surface area (Å²) in [5.41, 5.74) is 1.74. The summed E-state index contributed by atoms with van der Waals surface area (Å²) >= 11 is 0. The molecule has 2 fully saturated rings. The number of nitrogens with zero attached hydrogens (tertiary/aromatic N) is 6. The Kier molecular flexibility index (Phi) is 29.6. The minimum Gasteiger partial charge on any atom is -0.480 e. The number of esters is 2. The maximum Gasteiger partial charge on any atom is 0.335 e. The van der Waals surface area contributed by atoms with Crippen molar-refractivity contribution in [3.05, 3.63) is 70.8 Å². The Labute approximate surface area is 397 Å². The lowest BCUT2D eigenvalue weighted by Crippen LogP contribution is -2.42. The molecular formula is C48H77N7O12. The number of carboxylic acids is 4. The molecule has 0 bridgehead atoms. The predicted molar refractivity (Wildman–Crippen MR) is 255 cm³/mol. The van der Waals surface area contributed by atoms with E-state index in [-0.39, 0.29) is 51.1 Å². The van der Waals surface area contributed by atoms with Crippen LogP contribution in [-0.4, -0.2) is 197 Å². The first-order valence-electron chi connectivity index (χ1n) is 22.1. The third-order valence-corrected chi connectivity index (χ3v) is 9.62. The summed E-state index contributed by atoms with van der Waals surface area (Å²) in [5.74, 6) is -4.09. The number of ether oxygens (including phenoxy) is 2. The molecule has 2 heterocycles. The fourth-order valence-electron chi connectivity index (χ4n) is 6.47. The molecule has 0 amide bonds. The van der Waals surface area contributed by atoms with E-state index in [1.807, 2.05) is 70.4 Å². The van der Waals surface area contributed by atoms with Crippen molar-refractivity contribution in [2.75, 3.05) is 105 Å². The molecule has 0 saturated carbocycles. The zero-order valence-corrected chi connectivity index (χ0v) is 40.1. The van der Waals surface area contributed by atoms with Gasteiger partial charge in [0.2, 0.25) is 0 Å². The number of nitriles is 1. The Morgan fingerprint density at radius 1 is 0.552 bits per heavy atom. The van der Waals surface area contributed by atoms with Gasteiger partial charge in [0.25, 0.3) is 0 Å². The SMILES string of the molecule is C.CC#N.CC(C)(C)OC(=O)CN1CCNCCN(CC(=O)OC(C)(C)C)CC1.CCc1ccc(C(=O)O)cc1.O=C(O)CN1CCN(CC(=O)O)CCN(Cc2ccc(C(=O)O)cc2)CC1. The fourth-order valence-corrected chi connectivity index (χ4v) is 6.47. The second-order valence-electron chi connectivity index (χ2n) is 17.7. The van der Waals surface area contributed by atoms with E-state index in [4.69, 9.17) is 35.2 Å². The van der Waals surface area contributed by atoms with Gasteiger partial charge in [-0.3, -0.25) is 43.7 Å². The zero-order chi connectivity index (χ0) is 49.9. The van der Waals surface area contributed by atoms with Crippen LogP contribution < -0.4 is 5.32 Å². The van der Waals surface area contributed by atoms with Crippen LogP contribution >= 0.6 is 0 Å². The molecule has 2 aliphatic heterocycles. The van der Waals surface area contributed by atoms with Crippen molar-refractivity contribution in [3.8, 4) is 6.07 Å². The van der Waals surface area contributed by atoms with Gasteiger partial charge >= 0.3 is 35.8 Å². The molecule has 376 valence electrons. The molecule has 0 aliphatic carbocycles. The van der Waals surface area contributed by atoms with Crippen LogP contribution in [0.2, 0.25) is 0 Å². The minimum atomic E-state index is -0.974. The second-order valence-corrected chi connectivity index (χ2v) is 17.7. The van der Waals surface area contributed by atoms with Gasteiger partial charge in [-0.15, -0.1) is 0 Å². The molecule has 2 aromatic carbocycles. The number of benzene rings is 2. The van der Waals surface area contributed by atoms with Gasteiger partial charge in [0, 0.05) is 92.0 Å². The second kappa shape index (κ2) is 32.3. The van der Waals surface area contributed by atoms with Gasteiger partial charge in [-0.05, 0) is 83.4 Å². The number of aliphatic carboxylic acids is 2. The van der Waals surface area contributed by atoms with Crippen LogP contribution in [0.25, 0.3) is 0 Å². The molecule has 2 aliphatic rings. The van der Waals surface area contributed by atoms with Crippen LogP contribution in [0.3, 0.4) is 0 Å². The highest BCUT2D eigenvalue weighted by Gasteiger charge is 2.23. The van der Waals surface area contributed by atoms with E-state index in [0.717, 1.165) is 43.7 Å². The van der Waals surface area contributed by atoms with E-state index in [1.165, 1.54) is 6.92 Å². The van der Waals surface area contributed by atoms with Crippen LogP contribution in [0.4, 0.5) is 0 Å². The molecule has 0 spiro atoms. The molecule has 4 rings (SSSR count). The third kappa shape index (κ3) is 30.4. The Morgan fingerprint density at radius 2 is 0.851 bits per heavy atom. The summed E-state index contributed by atoms with van der Waals surface area (Å²) < 4.78 is 10.8. The molecule has 5 N–H and O–H groups in total. The van der Waals surface area contributed by atoms with Gasteiger partial charge in [0.15, 0.2) is 0 Å². The quantitative estimate of drug-likeness (QED) is 0.178. The third-order valence-electron chi connectivity index (χ3n) is 9.62.